The highest BCUT2D eigenvalue weighted by atomic mass is 16.2. The van der Waals surface area contributed by atoms with E-state index in [1.807, 2.05) is 64.4 Å². The summed E-state index contributed by atoms with van der Waals surface area (Å²) in [6.45, 7) is 9.25. The molecule has 0 bridgehead atoms. The number of hydrogen-bond donors (Lipinski definition) is 0. The Kier molecular flexibility index (Phi) is 6.45. The Morgan fingerprint density at radius 2 is 1.40 bits per heavy atom. The van der Waals surface area contributed by atoms with Gasteiger partial charge in [-0.15, -0.1) is 0 Å². The van der Waals surface area contributed by atoms with Crippen LogP contribution in [0, 0.1) is 13.8 Å². The van der Waals surface area contributed by atoms with Crippen molar-refractivity contribution < 1.29 is 9.59 Å². The van der Waals surface area contributed by atoms with E-state index in [1.54, 1.807) is 4.90 Å². The SMILES string of the molecule is Cc1cc(C)cc(N2CCN(C(=O)c3ccc(N4CCN(Cc5ccccc5)C4=O)cc3)CC2)c1. The van der Waals surface area contributed by atoms with Gasteiger partial charge in [-0.2, -0.15) is 0 Å². The van der Waals surface area contributed by atoms with E-state index in [0.29, 0.717) is 38.3 Å². The molecule has 180 valence electrons. The Morgan fingerprint density at radius 1 is 0.743 bits per heavy atom. The van der Waals surface area contributed by atoms with Crippen molar-refractivity contribution in [3.63, 3.8) is 0 Å². The van der Waals surface area contributed by atoms with Gasteiger partial charge in [0.1, 0.15) is 0 Å². The zero-order chi connectivity index (χ0) is 24.4. The number of urea groups is 1. The number of rotatable bonds is 5. The number of benzene rings is 3. The zero-order valence-electron chi connectivity index (χ0n) is 20.5. The van der Waals surface area contributed by atoms with Gasteiger partial charge < -0.3 is 14.7 Å². The largest absolute Gasteiger partial charge is 0.368 e. The predicted molar refractivity (Wildman–Crippen MR) is 140 cm³/mol. The van der Waals surface area contributed by atoms with Gasteiger partial charge in [-0.05, 0) is 66.9 Å². The van der Waals surface area contributed by atoms with Crippen molar-refractivity contribution in [2.24, 2.45) is 0 Å². The monoisotopic (exact) mass is 468 g/mol. The minimum absolute atomic E-state index is 0.00966. The summed E-state index contributed by atoms with van der Waals surface area (Å²) in [7, 11) is 0. The van der Waals surface area contributed by atoms with Crippen molar-refractivity contribution in [1.29, 1.82) is 0 Å². The lowest BCUT2D eigenvalue weighted by Crippen LogP contribution is -2.48. The van der Waals surface area contributed by atoms with Crippen LogP contribution in [0.15, 0.2) is 72.8 Å². The molecule has 5 rings (SSSR count). The second kappa shape index (κ2) is 9.82. The first kappa shape index (κ1) is 23.0. The number of hydrogen-bond acceptors (Lipinski definition) is 3. The average Bonchev–Trinajstić information content (AvgIpc) is 3.23. The van der Waals surface area contributed by atoms with E-state index in [9.17, 15) is 9.59 Å². The third-order valence-electron chi connectivity index (χ3n) is 6.88. The molecule has 35 heavy (non-hydrogen) atoms. The van der Waals surface area contributed by atoms with Gasteiger partial charge >= 0.3 is 6.03 Å². The molecule has 0 saturated carbocycles. The van der Waals surface area contributed by atoms with E-state index in [2.05, 4.69) is 36.9 Å². The third kappa shape index (κ3) is 5.02. The fourth-order valence-corrected chi connectivity index (χ4v) is 5.04. The molecular weight excluding hydrogens is 436 g/mol. The van der Waals surface area contributed by atoms with E-state index in [-0.39, 0.29) is 11.9 Å². The maximum Gasteiger partial charge on any atom is 0.324 e. The highest BCUT2D eigenvalue weighted by molar-refractivity contribution is 5.97. The number of carbonyl (C=O) groups is 2. The number of carbonyl (C=O) groups excluding carboxylic acids is 2. The van der Waals surface area contributed by atoms with E-state index in [0.717, 1.165) is 24.3 Å². The smallest absolute Gasteiger partial charge is 0.324 e. The molecule has 0 aromatic heterocycles. The molecule has 0 spiro atoms. The number of aryl methyl sites for hydroxylation is 2. The van der Waals surface area contributed by atoms with E-state index < -0.39 is 0 Å². The summed E-state index contributed by atoms with van der Waals surface area (Å²) in [6, 6.07) is 24.1. The first-order valence-corrected chi connectivity index (χ1v) is 12.3. The average molecular weight is 469 g/mol. The van der Waals surface area contributed by atoms with Gasteiger partial charge in [0.2, 0.25) is 0 Å². The number of amides is 3. The second-order valence-corrected chi connectivity index (χ2v) is 9.51. The first-order valence-electron chi connectivity index (χ1n) is 12.3. The Bertz CT molecular complexity index is 1180. The molecular formula is C29H32N4O2. The molecule has 0 N–H and O–H groups in total. The van der Waals surface area contributed by atoms with Crippen LogP contribution >= 0.6 is 0 Å². The normalized spacial score (nSPS) is 16.2. The standard InChI is InChI=1S/C29H32N4O2/c1-22-18-23(2)20-27(19-22)30-12-14-31(15-13-30)28(34)25-8-10-26(11-9-25)33-17-16-32(29(33)35)21-24-6-4-3-5-7-24/h3-11,18-20H,12-17,21H2,1-2H3. The van der Waals surface area contributed by atoms with Crippen molar-refractivity contribution in [2.75, 3.05) is 49.1 Å². The van der Waals surface area contributed by atoms with Crippen molar-refractivity contribution >= 4 is 23.3 Å². The second-order valence-electron chi connectivity index (χ2n) is 9.51. The molecule has 3 aromatic carbocycles. The molecule has 3 aromatic rings. The van der Waals surface area contributed by atoms with E-state index >= 15 is 0 Å². The summed E-state index contributed by atoms with van der Waals surface area (Å²) in [5, 5.41) is 0. The van der Waals surface area contributed by atoms with Gasteiger partial charge in [-0.3, -0.25) is 9.69 Å². The lowest BCUT2D eigenvalue weighted by Gasteiger charge is -2.36. The van der Waals surface area contributed by atoms with Gasteiger partial charge in [0.05, 0.1) is 0 Å². The summed E-state index contributed by atoms with van der Waals surface area (Å²) in [5.41, 5.74) is 6.39. The predicted octanol–water partition coefficient (Wildman–Crippen LogP) is 4.71. The van der Waals surface area contributed by atoms with Crippen LogP contribution < -0.4 is 9.80 Å². The van der Waals surface area contributed by atoms with E-state index in [4.69, 9.17) is 0 Å². The van der Waals surface area contributed by atoms with Crippen molar-refractivity contribution in [1.82, 2.24) is 9.80 Å². The Morgan fingerprint density at radius 3 is 2.06 bits per heavy atom. The lowest BCUT2D eigenvalue weighted by atomic mass is 10.1. The fraction of sp³-hybridized carbons (Fsp3) is 0.310. The number of piperazine rings is 1. The van der Waals surface area contributed by atoms with Gasteiger partial charge in [0.25, 0.3) is 5.91 Å². The molecule has 6 heteroatoms. The summed E-state index contributed by atoms with van der Waals surface area (Å²) >= 11 is 0. The van der Waals surface area contributed by atoms with Crippen LogP contribution in [0.1, 0.15) is 27.0 Å². The first-order chi connectivity index (χ1) is 17.0. The van der Waals surface area contributed by atoms with Crippen LogP contribution in [0.5, 0.6) is 0 Å². The quantitative estimate of drug-likeness (QED) is 0.545. The summed E-state index contributed by atoms with van der Waals surface area (Å²) in [6.07, 6.45) is 0. The maximum absolute atomic E-state index is 13.1. The van der Waals surface area contributed by atoms with Crippen LogP contribution in [-0.4, -0.2) is 61.0 Å². The molecule has 2 saturated heterocycles. The molecule has 3 amide bonds. The third-order valence-corrected chi connectivity index (χ3v) is 6.88. The van der Waals surface area contributed by atoms with Crippen molar-refractivity contribution in [3.05, 3.63) is 95.1 Å². The Balaban J connectivity index is 1.18. The van der Waals surface area contributed by atoms with Crippen LogP contribution in [0.3, 0.4) is 0 Å². The van der Waals surface area contributed by atoms with Crippen molar-refractivity contribution in [2.45, 2.75) is 20.4 Å². The topological polar surface area (TPSA) is 47.1 Å². The maximum atomic E-state index is 13.1. The Hall–Kier alpha value is -3.80. The molecule has 2 aliphatic rings. The molecule has 2 fully saturated rings. The minimum atomic E-state index is 0.00966. The molecule has 2 heterocycles. The zero-order valence-corrected chi connectivity index (χ0v) is 20.5. The fourth-order valence-electron chi connectivity index (χ4n) is 5.04. The number of nitrogens with zero attached hydrogens (tertiary/aromatic N) is 4. The highest BCUT2D eigenvalue weighted by Crippen LogP contribution is 2.24. The van der Waals surface area contributed by atoms with Gasteiger partial charge in [0.15, 0.2) is 0 Å². The molecule has 2 aliphatic heterocycles. The number of anilines is 2. The van der Waals surface area contributed by atoms with Crippen LogP contribution in [0.2, 0.25) is 0 Å². The lowest BCUT2D eigenvalue weighted by molar-refractivity contribution is 0.0747. The van der Waals surface area contributed by atoms with Gasteiger partial charge in [0, 0.05) is 62.8 Å². The van der Waals surface area contributed by atoms with Crippen LogP contribution in [-0.2, 0) is 6.54 Å². The molecule has 0 unspecified atom stereocenters. The summed E-state index contributed by atoms with van der Waals surface area (Å²) in [5.74, 6) is 0.0510. The Labute approximate surface area is 207 Å². The van der Waals surface area contributed by atoms with Crippen LogP contribution in [0.4, 0.5) is 16.2 Å². The van der Waals surface area contributed by atoms with Gasteiger partial charge in [-0.25, -0.2) is 4.79 Å². The molecule has 6 nitrogen and oxygen atoms in total. The van der Waals surface area contributed by atoms with Crippen LogP contribution in [0.25, 0.3) is 0 Å². The summed E-state index contributed by atoms with van der Waals surface area (Å²) in [4.78, 5) is 34.0. The van der Waals surface area contributed by atoms with Crippen molar-refractivity contribution in [3.8, 4) is 0 Å². The molecule has 0 aliphatic carbocycles. The molecule has 0 radical (unpaired) electrons. The highest BCUT2D eigenvalue weighted by Gasteiger charge is 2.30. The molecule has 0 atom stereocenters. The van der Waals surface area contributed by atoms with E-state index in [1.165, 1.54) is 16.8 Å². The van der Waals surface area contributed by atoms with Gasteiger partial charge in [-0.1, -0.05) is 36.4 Å². The minimum Gasteiger partial charge on any atom is -0.368 e. The summed E-state index contributed by atoms with van der Waals surface area (Å²) < 4.78 is 0.